The number of carbonyl (C=O) groups excluding carboxylic acids is 4. The zero-order valence-electron chi connectivity index (χ0n) is 23.9. The van der Waals surface area contributed by atoms with E-state index in [4.69, 9.17) is 10.5 Å². The molecule has 0 aliphatic carbocycles. The molecule has 0 aliphatic rings. The van der Waals surface area contributed by atoms with Crippen LogP contribution in [0.15, 0.2) is 48.5 Å². The number of primary amides is 1. The quantitative estimate of drug-likeness (QED) is 0.375. The zero-order chi connectivity index (χ0) is 29.2. The molecular weight excluding hydrogens is 496 g/mol. The van der Waals surface area contributed by atoms with Crippen molar-refractivity contribution in [1.29, 1.82) is 0 Å². The Hall–Kier alpha value is -3.88. The van der Waals surface area contributed by atoms with E-state index in [1.54, 1.807) is 20.8 Å². The highest BCUT2D eigenvalue weighted by Gasteiger charge is 2.37. The van der Waals surface area contributed by atoms with Gasteiger partial charge in [-0.3, -0.25) is 14.4 Å². The topological polar surface area (TPSA) is 131 Å². The van der Waals surface area contributed by atoms with E-state index >= 15 is 0 Å². The SMILES string of the molecule is CCCCN(C(=O)C(CC(N)=O)NC(=O)OC(C)(C)C)C(C(=O)NCc1ccccc1)c1ccc(C)cc1C. The predicted molar refractivity (Wildman–Crippen MR) is 151 cm³/mol. The minimum Gasteiger partial charge on any atom is -0.444 e. The van der Waals surface area contributed by atoms with Crippen molar-refractivity contribution in [3.63, 3.8) is 0 Å². The number of hydrogen-bond donors (Lipinski definition) is 3. The van der Waals surface area contributed by atoms with E-state index in [0.29, 0.717) is 12.0 Å². The van der Waals surface area contributed by atoms with Crippen molar-refractivity contribution in [1.82, 2.24) is 15.5 Å². The number of nitrogens with one attached hydrogen (secondary N) is 2. The average Bonchev–Trinajstić information content (AvgIpc) is 2.84. The summed E-state index contributed by atoms with van der Waals surface area (Å²) in [5.74, 6) is -1.73. The molecule has 0 aromatic heterocycles. The lowest BCUT2D eigenvalue weighted by atomic mass is 9.96. The molecule has 2 atom stereocenters. The van der Waals surface area contributed by atoms with Crippen molar-refractivity contribution in [2.45, 2.75) is 85.0 Å². The highest BCUT2D eigenvalue weighted by atomic mass is 16.6. The van der Waals surface area contributed by atoms with Crippen LogP contribution in [0.5, 0.6) is 0 Å². The van der Waals surface area contributed by atoms with E-state index in [0.717, 1.165) is 23.1 Å². The Labute approximate surface area is 231 Å². The summed E-state index contributed by atoms with van der Waals surface area (Å²) in [4.78, 5) is 53.8. The molecule has 39 heavy (non-hydrogen) atoms. The van der Waals surface area contributed by atoms with Gasteiger partial charge in [0.2, 0.25) is 17.7 Å². The smallest absolute Gasteiger partial charge is 0.408 e. The number of rotatable bonds is 12. The van der Waals surface area contributed by atoms with Gasteiger partial charge in [-0.2, -0.15) is 0 Å². The molecule has 9 heteroatoms. The minimum absolute atomic E-state index is 0.233. The van der Waals surface area contributed by atoms with E-state index in [1.807, 2.05) is 69.3 Å². The summed E-state index contributed by atoms with van der Waals surface area (Å²) >= 11 is 0. The fourth-order valence-corrected chi connectivity index (χ4v) is 4.21. The third-order valence-corrected chi connectivity index (χ3v) is 6.02. The molecule has 2 aromatic rings. The van der Waals surface area contributed by atoms with E-state index < -0.39 is 42.0 Å². The summed E-state index contributed by atoms with van der Waals surface area (Å²) in [7, 11) is 0. The van der Waals surface area contributed by atoms with Crippen LogP contribution < -0.4 is 16.4 Å². The molecule has 2 rings (SSSR count). The predicted octanol–water partition coefficient (Wildman–Crippen LogP) is 4.06. The number of unbranched alkanes of at least 4 members (excludes halogenated alkanes) is 1. The summed E-state index contributed by atoms with van der Waals surface area (Å²) in [5, 5.41) is 5.47. The van der Waals surface area contributed by atoms with Crippen molar-refractivity contribution in [2.24, 2.45) is 5.73 Å². The van der Waals surface area contributed by atoms with Crippen LogP contribution in [0.25, 0.3) is 0 Å². The van der Waals surface area contributed by atoms with Crippen LogP contribution in [0, 0.1) is 13.8 Å². The minimum atomic E-state index is -1.30. The van der Waals surface area contributed by atoms with Gasteiger partial charge in [0.15, 0.2) is 0 Å². The van der Waals surface area contributed by atoms with Crippen LogP contribution >= 0.6 is 0 Å². The standard InChI is InChI=1S/C30H42N4O5/c1-7-8-16-34(28(37)24(18-25(31)35)33-29(38)39-30(4,5)6)26(23-15-14-20(2)17-21(23)3)27(36)32-19-22-12-10-9-11-13-22/h9-15,17,24,26H,7-8,16,18-19H2,1-6H3,(H2,31,35)(H,32,36)(H,33,38). The van der Waals surface area contributed by atoms with Crippen molar-refractivity contribution in [3.8, 4) is 0 Å². The summed E-state index contributed by atoms with van der Waals surface area (Å²) in [6, 6.07) is 12.9. The third-order valence-electron chi connectivity index (χ3n) is 6.02. The third kappa shape index (κ3) is 10.1. The van der Waals surface area contributed by atoms with Crippen molar-refractivity contribution < 1.29 is 23.9 Å². The average molecular weight is 539 g/mol. The normalized spacial score (nSPS) is 12.7. The van der Waals surface area contributed by atoms with Crippen LogP contribution in [0.2, 0.25) is 0 Å². The lowest BCUT2D eigenvalue weighted by molar-refractivity contribution is -0.143. The van der Waals surface area contributed by atoms with E-state index in [-0.39, 0.29) is 19.0 Å². The molecule has 0 heterocycles. The second kappa shape index (κ2) is 14.3. The zero-order valence-corrected chi connectivity index (χ0v) is 23.9. The number of amides is 4. The van der Waals surface area contributed by atoms with Crippen LogP contribution in [0.4, 0.5) is 4.79 Å². The summed E-state index contributed by atoms with van der Waals surface area (Å²) in [5.41, 5.74) is 8.07. The molecule has 212 valence electrons. The first-order valence-corrected chi connectivity index (χ1v) is 13.3. The van der Waals surface area contributed by atoms with Crippen LogP contribution in [0.1, 0.15) is 75.3 Å². The summed E-state index contributed by atoms with van der Waals surface area (Å²) < 4.78 is 5.32. The van der Waals surface area contributed by atoms with Gasteiger partial charge in [-0.25, -0.2) is 4.79 Å². The second-order valence-corrected chi connectivity index (χ2v) is 10.7. The molecule has 0 saturated heterocycles. The Kier molecular flexibility index (Phi) is 11.5. The fraction of sp³-hybridized carbons (Fsp3) is 0.467. The van der Waals surface area contributed by atoms with Crippen LogP contribution in [-0.2, 0) is 25.7 Å². The number of nitrogens with zero attached hydrogens (tertiary/aromatic N) is 1. The number of aryl methyl sites for hydroxylation is 2. The Morgan fingerprint density at radius 3 is 2.26 bits per heavy atom. The maximum atomic E-state index is 14.0. The van der Waals surface area contributed by atoms with Crippen LogP contribution in [0.3, 0.4) is 0 Å². The van der Waals surface area contributed by atoms with Crippen molar-refractivity contribution >= 4 is 23.8 Å². The first-order chi connectivity index (χ1) is 18.3. The lowest BCUT2D eigenvalue weighted by Gasteiger charge is -2.35. The molecule has 2 unspecified atom stereocenters. The number of nitrogens with two attached hydrogens (primary N) is 1. The van der Waals surface area contributed by atoms with Gasteiger partial charge in [0, 0.05) is 13.1 Å². The van der Waals surface area contributed by atoms with E-state index in [9.17, 15) is 19.2 Å². The summed E-state index contributed by atoms with van der Waals surface area (Å²) in [6.45, 7) is 11.4. The highest BCUT2D eigenvalue weighted by molar-refractivity contribution is 5.94. The monoisotopic (exact) mass is 538 g/mol. The molecule has 9 nitrogen and oxygen atoms in total. The Morgan fingerprint density at radius 1 is 1.03 bits per heavy atom. The largest absolute Gasteiger partial charge is 0.444 e. The first kappa shape index (κ1) is 31.3. The lowest BCUT2D eigenvalue weighted by Crippen LogP contribution is -2.54. The molecule has 4 amide bonds. The molecule has 4 N–H and O–H groups in total. The number of ether oxygens (including phenoxy) is 1. The Balaban J connectivity index is 2.51. The van der Waals surface area contributed by atoms with Gasteiger partial charge in [-0.1, -0.05) is 67.4 Å². The molecule has 0 spiro atoms. The van der Waals surface area contributed by atoms with Gasteiger partial charge in [0.25, 0.3) is 0 Å². The molecule has 2 aromatic carbocycles. The maximum Gasteiger partial charge on any atom is 0.408 e. The number of alkyl carbamates (subject to hydrolysis) is 1. The van der Waals surface area contributed by atoms with E-state index in [2.05, 4.69) is 10.6 Å². The van der Waals surface area contributed by atoms with Gasteiger partial charge < -0.3 is 26.0 Å². The number of hydrogen-bond acceptors (Lipinski definition) is 5. The Morgan fingerprint density at radius 2 is 1.69 bits per heavy atom. The molecule has 0 fully saturated rings. The second-order valence-electron chi connectivity index (χ2n) is 10.7. The van der Waals surface area contributed by atoms with E-state index in [1.165, 1.54) is 4.90 Å². The summed E-state index contributed by atoms with van der Waals surface area (Å²) in [6.07, 6.45) is 0.0737. The highest BCUT2D eigenvalue weighted by Crippen LogP contribution is 2.27. The van der Waals surface area contributed by atoms with Gasteiger partial charge in [0.1, 0.15) is 17.7 Å². The number of carbonyl (C=O) groups is 4. The fourth-order valence-electron chi connectivity index (χ4n) is 4.21. The molecule has 0 bridgehead atoms. The van der Waals surface area contributed by atoms with Crippen molar-refractivity contribution in [2.75, 3.05) is 6.54 Å². The van der Waals surface area contributed by atoms with Gasteiger partial charge in [0.05, 0.1) is 6.42 Å². The molecule has 0 radical (unpaired) electrons. The maximum absolute atomic E-state index is 14.0. The Bertz CT molecular complexity index is 1140. The molecular formula is C30H42N4O5. The van der Waals surface area contributed by atoms with Gasteiger partial charge >= 0.3 is 6.09 Å². The van der Waals surface area contributed by atoms with Gasteiger partial charge in [-0.15, -0.1) is 0 Å². The van der Waals surface area contributed by atoms with Crippen molar-refractivity contribution in [3.05, 3.63) is 70.8 Å². The first-order valence-electron chi connectivity index (χ1n) is 13.3. The van der Waals surface area contributed by atoms with Gasteiger partial charge in [-0.05, 0) is 57.7 Å². The molecule has 0 saturated carbocycles. The number of benzene rings is 2. The molecule has 0 aliphatic heterocycles. The van der Waals surface area contributed by atoms with Crippen LogP contribution in [-0.4, -0.2) is 46.9 Å².